The lowest BCUT2D eigenvalue weighted by molar-refractivity contribution is -0.136. The Morgan fingerprint density at radius 2 is 1.76 bits per heavy atom. The Kier molecular flexibility index (Phi) is 6.09. The van der Waals surface area contributed by atoms with Crippen molar-refractivity contribution >= 4 is 29.5 Å². The fourth-order valence-corrected chi connectivity index (χ4v) is 2.81. The van der Waals surface area contributed by atoms with Crippen LogP contribution in [-0.2, 0) is 19.1 Å². The first-order valence-corrected chi connectivity index (χ1v) is 8.88. The fraction of sp³-hybridized carbons (Fsp3) is 0.136. The van der Waals surface area contributed by atoms with Gasteiger partial charge in [-0.2, -0.15) is 0 Å². The molecule has 0 radical (unpaired) electrons. The fourth-order valence-electron chi connectivity index (χ4n) is 2.81. The minimum Gasteiger partial charge on any atom is -0.484 e. The molecule has 0 atom stereocenters. The maximum absolute atomic E-state index is 12.1. The van der Waals surface area contributed by atoms with Crippen molar-refractivity contribution in [2.45, 2.75) is 6.92 Å². The van der Waals surface area contributed by atoms with Gasteiger partial charge in [0.05, 0.1) is 18.3 Å². The molecule has 1 aliphatic heterocycles. The number of rotatable bonds is 6. The molecule has 0 spiro atoms. The van der Waals surface area contributed by atoms with Gasteiger partial charge in [0.15, 0.2) is 6.61 Å². The topological polar surface area (TPSA) is 93.7 Å². The van der Waals surface area contributed by atoms with Crippen LogP contribution in [-0.4, -0.2) is 31.5 Å². The van der Waals surface area contributed by atoms with E-state index in [9.17, 15) is 14.4 Å². The summed E-state index contributed by atoms with van der Waals surface area (Å²) >= 11 is 0. The molecule has 0 aromatic heterocycles. The molecule has 2 aromatic carbocycles. The van der Waals surface area contributed by atoms with Gasteiger partial charge in [-0.3, -0.25) is 9.59 Å². The number of ether oxygens (including phenoxy) is 2. The van der Waals surface area contributed by atoms with Crippen molar-refractivity contribution in [3.63, 3.8) is 0 Å². The zero-order valence-electron chi connectivity index (χ0n) is 16.0. The van der Waals surface area contributed by atoms with Gasteiger partial charge in [-0.25, -0.2) is 4.79 Å². The minimum atomic E-state index is -0.573. The lowest BCUT2D eigenvalue weighted by Gasteiger charge is -2.08. The van der Waals surface area contributed by atoms with Gasteiger partial charge in [-0.05, 0) is 42.8 Å². The zero-order valence-corrected chi connectivity index (χ0v) is 16.0. The Balaban J connectivity index is 1.64. The summed E-state index contributed by atoms with van der Waals surface area (Å²) in [5.74, 6) is -0.697. The molecule has 29 heavy (non-hydrogen) atoms. The molecule has 2 N–H and O–H groups in total. The molecule has 148 valence electrons. The number of hydrogen-bond donors (Lipinski definition) is 2. The predicted octanol–water partition coefficient (Wildman–Crippen LogP) is 2.66. The average Bonchev–Trinajstić information content (AvgIpc) is 3.00. The number of para-hydroxylation sites is 1. The SMILES string of the molecule is COC(=O)C1=C(C)NC(=O)C1=Cc1ccc(OCC(=O)Nc2ccccc2)cc1. The monoisotopic (exact) mass is 392 g/mol. The van der Waals surface area contributed by atoms with Crippen molar-refractivity contribution in [3.05, 3.63) is 77.0 Å². The molecule has 3 rings (SSSR count). The summed E-state index contributed by atoms with van der Waals surface area (Å²) in [7, 11) is 1.27. The van der Waals surface area contributed by atoms with Crippen molar-refractivity contribution in [2.24, 2.45) is 0 Å². The molecule has 0 bridgehead atoms. The van der Waals surface area contributed by atoms with Crippen LogP contribution in [0.3, 0.4) is 0 Å². The number of amides is 2. The second-order valence-electron chi connectivity index (χ2n) is 6.28. The molecule has 0 aliphatic carbocycles. The molecule has 2 amide bonds. The van der Waals surface area contributed by atoms with Crippen molar-refractivity contribution in [3.8, 4) is 5.75 Å². The molecule has 7 heteroatoms. The quantitative estimate of drug-likeness (QED) is 0.582. The van der Waals surface area contributed by atoms with Crippen LogP contribution in [0.25, 0.3) is 6.08 Å². The van der Waals surface area contributed by atoms with Gasteiger partial charge >= 0.3 is 5.97 Å². The summed E-state index contributed by atoms with van der Waals surface area (Å²) in [5.41, 5.74) is 2.31. The smallest absolute Gasteiger partial charge is 0.340 e. The van der Waals surface area contributed by atoms with E-state index in [2.05, 4.69) is 10.6 Å². The summed E-state index contributed by atoms with van der Waals surface area (Å²) in [6.45, 7) is 1.51. The van der Waals surface area contributed by atoms with E-state index in [1.165, 1.54) is 7.11 Å². The highest BCUT2D eigenvalue weighted by atomic mass is 16.5. The predicted molar refractivity (Wildman–Crippen MR) is 108 cm³/mol. The Labute approximate surface area is 168 Å². The number of esters is 1. The summed E-state index contributed by atoms with van der Waals surface area (Å²) in [6.07, 6.45) is 1.60. The molecule has 0 unspecified atom stereocenters. The Morgan fingerprint density at radius 1 is 1.07 bits per heavy atom. The third-order valence-electron chi connectivity index (χ3n) is 4.20. The number of allylic oxidation sites excluding steroid dienone is 1. The molecule has 0 fully saturated rings. The van der Waals surface area contributed by atoms with Gasteiger partial charge in [0, 0.05) is 11.4 Å². The largest absolute Gasteiger partial charge is 0.484 e. The first-order valence-electron chi connectivity index (χ1n) is 8.88. The van der Waals surface area contributed by atoms with Crippen LogP contribution in [0.15, 0.2) is 71.4 Å². The van der Waals surface area contributed by atoms with Gasteiger partial charge in [0.1, 0.15) is 5.75 Å². The number of nitrogens with one attached hydrogen (secondary N) is 2. The van der Waals surface area contributed by atoms with E-state index in [0.717, 1.165) is 0 Å². The van der Waals surface area contributed by atoms with Crippen LogP contribution in [0, 0.1) is 0 Å². The van der Waals surface area contributed by atoms with Crippen LogP contribution in [0.2, 0.25) is 0 Å². The number of carbonyl (C=O) groups is 3. The number of hydrogen-bond acceptors (Lipinski definition) is 5. The summed E-state index contributed by atoms with van der Waals surface area (Å²) < 4.78 is 10.2. The summed E-state index contributed by atoms with van der Waals surface area (Å²) in [4.78, 5) is 36.0. The van der Waals surface area contributed by atoms with Gasteiger partial charge in [-0.15, -0.1) is 0 Å². The molecule has 7 nitrogen and oxygen atoms in total. The van der Waals surface area contributed by atoms with Crippen LogP contribution in [0.5, 0.6) is 5.75 Å². The van der Waals surface area contributed by atoms with Crippen LogP contribution >= 0.6 is 0 Å². The van der Waals surface area contributed by atoms with Gasteiger partial charge in [0.25, 0.3) is 11.8 Å². The molecule has 1 aliphatic rings. The highest BCUT2D eigenvalue weighted by Gasteiger charge is 2.30. The number of benzene rings is 2. The number of anilines is 1. The lowest BCUT2D eigenvalue weighted by Crippen LogP contribution is -2.20. The van der Waals surface area contributed by atoms with Crippen LogP contribution in [0.4, 0.5) is 5.69 Å². The second-order valence-corrected chi connectivity index (χ2v) is 6.28. The minimum absolute atomic E-state index is 0.133. The molecule has 0 saturated carbocycles. The zero-order chi connectivity index (χ0) is 20.8. The molecular formula is C22H20N2O5. The lowest BCUT2D eigenvalue weighted by atomic mass is 10.0. The number of methoxy groups -OCH3 is 1. The summed E-state index contributed by atoms with van der Waals surface area (Å²) in [5, 5.41) is 5.35. The van der Waals surface area contributed by atoms with E-state index in [1.54, 1.807) is 49.4 Å². The second kappa shape index (κ2) is 8.88. The van der Waals surface area contributed by atoms with E-state index in [-0.39, 0.29) is 29.6 Å². The van der Waals surface area contributed by atoms with Crippen molar-refractivity contribution in [2.75, 3.05) is 19.0 Å². The van der Waals surface area contributed by atoms with E-state index < -0.39 is 5.97 Å². The van der Waals surface area contributed by atoms with E-state index in [1.807, 2.05) is 18.2 Å². The first-order chi connectivity index (χ1) is 14.0. The number of carbonyl (C=O) groups excluding carboxylic acids is 3. The standard InChI is InChI=1S/C22H20N2O5/c1-14-20(22(27)28-2)18(21(26)23-14)12-15-8-10-17(11-9-15)29-13-19(25)24-16-6-4-3-5-7-16/h3-12H,13H2,1-2H3,(H,23,26)(H,24,25). The Hall–Kier alpha value is -3.87. The molecular weight excluding hydrogens is 372 g/mol. The van der Waals surface area contributed by atoms with Gasteiger partial charge in [-0.1, -0.05) is 30.3 Å². The van der Waals surface area contributed by atoms with Crippen molar-refractivity contribution in [1.29, 1.82) is 0 Å². The summed E-state index contributed by atoms with van der Waals surface area (Å²) in [6, 6.07) is 15.9. The highest BCUT2D eigenvalue weighted by Crippen LogP contribution is 2.25. The highest BCUT2D eigenvalue weighted by molar-refractivity contribution is 6.16. The van der Waals surface area contributed by atoms with Gasteiger partial charge < -0.3 is 20.1 Å². The Bertz CT molecular complexity index is 992. The third kappa shape index (κ3) is 4.90. The molecule has 1 heterocycles. The third-order valence-corrected chi connectivity index (χ3v) is 4.20. The van der Waals surface area contributed by atoms with Crippen LogP contribution < -0.4 is 15.4 Å². The normalized spacial score (nSPS) is 14.6. The van der Waals surface area contributed by atoms with E-state index in [0.29, 0.717) is 22.7 Å². The van der Waals surface area contributed by atoms with Crippen molar-refractivity contribution in [1.82, 2.24) is 5.32 Å². The first kappa shape index (κ1) is 19.9. The molecule has 0 saturated heterocycles. The Morgan fingerprint density at radius 3 is 2.41 bits per heavy atom. The average molecular weight is 392 g/mol. The van der Waals surface area contributed by atoms with Crippen LogP contribution in [0.1, 0.15) is 12.5 Å². The van der Waals surface area contributed by atoms with E-state index >= 15 is 0 Å². The van der Waals surface area contributed by atoms with E-state index in [4.69, 9.17) is 9.47 Å². The van der Waals surface area contributed by atoms with Gasteiger partial charge in [0.2, 0.25) is 0 Å². The van der Waals surface area contributed by atoms with Crippen molar-refractivity contribution < 1.29 is 23.9 Å². The maximum atomic E-state index is 12.1. The molecule has 2 aromatic rings. The maximum Gasteiger partial charge on any atom is 0.340 e.